The Bertz CT molecular complexity index is 468. The molecule has 0 atom stereocenters. The minimum Gasteiger partial charge on any atom is -0.396 e. The summed E-state index contributed by atoms with van der Waals surface area (Å²) < 4.78 is 0.803. The van der Waals surface area contributed by atoms with E-state index in [0.29, 0.717) is 0 Å². The lowest BCUT2D eigenvalue weighted by molar-refractivity contribution is 0.300. The van der Waals surface area contributed by atoms with Crippen molar-refractivity contribution >= 4 is 34.9 Å². The molecule has 74 valence electrons. The number of aromatic nitrogens is 1. The lowest BCUT2D eigenvalue weighted by atomic mass is 10.3. The average Bonchev–Trinajstić information content (AvgIpc) is 2.74. The SMILES string of the molecule is OCCc1ccc(-c2csc(=S)[nH]2)s1. The first-order valence-electron chi connectivity index (χ1n) is 4.17. The number of aromatic amines is 1. The fourth-order valence-electron chi connectivity index (χ4n) is 1.17. The van der Waals surface area contributed by atoms with Crippen molar-refractivity contribution in [2.75, 3.05) is 6.61 Å². The van der Waals surface area contributed by atoms with Crippen molar-refractivity contribution in [1.82, 2.24) is 4.98 Å². The summed E-state index contributed by atoms with van der Waals surface area (Å²) in [6.45, 7) is 0.208. The van der Waals surface area contributed by atoms with Gasteiger partial charge in [0.2, 0.25) is 0 Å². The third kappa shape index (κ3) is 2.12. The van der Waals surface area contributed by atoms with E-state index in [1.165, 1.54) is 21.1 Å². The molecule has 0 radical (unpaired) electrons. The van der Waals surface area contributed by atoms with Crippen molar-refractivity contribution in [3.05, 3.63) is 26.3 Å². The Kier molecular flexibility index (Phi) is 3.12. The molecule has 2 rings (SSSR count). The maximum absolute atomic E-state index is 8.79. The molecular weight excluding hydrogens is 234 g/mol. The average molecular weight is 243 g/mol. The molecule has 5 heteroatoms. The van der Waals surface area contributed by atoms with Gasteiger partial charge in [-0.05, 0) is 24.4 Å². The van der Waals surface area contributed by atoms with Crippen LogP contribution in [0.25, 0.3) is 10.6 Å². The maximum atomic E-state index is 8.79. The number of H-pyrrole nitrogens is 1. The van der Waals surface area contributed by atoms with Gasteiger partial charge in [-0.25, -0.2) is 0 Å². The second kappa shape index (κ2) is 4.35. The summed E-state index contributed by atoms with van der Waals surface area (Å²) in [5.41, 5.74) is 1.08. The molecule has 14 heavy (non-hydrogen) atoms. The number of hydrogen-bond acceptors (Lipinski definition) is 4. The van der Waals surface area contributed by atoms with Crippen LogP contribution < -0.4 is 0 Å². The summed E-state index contributed by atoms with van der Waals surface area (Å²) in [4.78, 5) is 5.51. The Balaban J connectivity index is 2.28. The van der Waals surface area contributed by atoms with E-state index in [2.05, 4.69) is 11.1 Å². The predicted octanol–water partition coefficient (Wildman–Crippen LogP) is 3.07. The van der Waals surface area contributed by atoms with Crippen LogP contribution in [-0.2, 0) is 6.42 Å². The van der Waals surface area contributed by atoms with Gasteiger partial charge in [0.05, 0.1) is 10.6 Å². The zero-order chi connectivity index (χ0) is 9.97. The molecule has 0 saturated carbocycles. The summed E-state index contributed by atoms with van der Waals surface area (Å²) in [7, 11) is 0. The van der Waals surface area contributed by atoms with Gasteiger partial charge in [-0.15, -0.1) is 22.7 Å². The van der Waals surface area contributed by atoms with E-state index in [1.54, 1.807) is 11.3 Å². The third-order valence-corrected chi connectivity index (χ3v) is 4.04. The Morgan fingerprint density at radius 2 is 2.29 bits per heavy atom. The quantitative estimate of drug-likeness (QED) is 0.813. The second-order valence-electron chi connectivity index (χ2n) is 2.80. The normalized spacial score (nSPS) is 10.6. The van der Waals surface area contributed by atoms with Crippen LogP contribution in [0.4, 0.5) is 0 Å². The molecule has 0 aromatic carbocycles. The van der Waals surface area contributed by atoms with Gasteiger partial charge in [0.25, 0.3) is 0 Å². The zero-order valence-electron chi connectivity index (χ0n) is 7.32. The van der Waals surface area contributed by atoms with Crippen molar-refractivity contribution in [2.24, 2.45) is 0 Å². The highest BCUT2D eigenvalue weighted by Gasteiger charge is 2.03. The number of thiazole rings is 1. The molecule has 0 aliphatic rings. The van der Waals surface area contributed by atoms with E-state index in [1.807, 2.05) is 11.4 Å². The molecule has 2 nitrogen and oxygen atoms in total. The highest BCUT2D eigenvalue weighted by Crippen LogP contribution is 2.28. The highest BCUT2D eigenvalue weighted by atomic mass is 32.1. The molecule has 2 aromatic heterocycles. The lowest BCUT2D eigenvalue weighted by Crippen LogP contribution is -1.84. The number of nitrogens with one attached hydrogen (secondary N) is 1. The fraction of sp³-hybridized carbons (Fsp3) is 0.222. The number of aliphatic hydroxyl groups excluding tert-OH is 1. The third-order valence-electron chi connectivity index (χ3n) is 1.81. The number of rotatable bonds is 3. The van der Waals surface area contributed by atoms with Gasteiger partial charge in [0.15, 0.2) is 3.95 Å². The Hall–Kier alpha value is -0.490. The Morgan fingerprint density at radius 3 is 2.93 bits per heavy atom. The summed E-state index contributed by atoms with van der Waals surface area (Å²) >= 11 is 8.25. The van der Waals surface area contributed by atoms with Gasteiger partial charge in [0, 0.05) is 23.3 Å². The first-order chi connectivity index (χ1) is 6.79. The Morgan fingerprint density at radius 1 is 1.43 bits per heavy atom. The highest BCUT2D eigenvalue weighted by molar-refractivity contribution is 7.73. The lowest BCUT2D eigenvalue weighted by Gasteiger charge is -1.90. The predicted molar refractivity (Wildman–Crippen MR) is 63.6 cm³/mol. The zero-order valence-corrected chi connectivity index (χ0v) is 9.77. The second-order valence-corrected chi connectivity index (χ2v) is 5.52. The fourth-order valence-corrected chi connectivity index (χ4v) is 3.04. The van der Waals surface area contributed by atoms with E-state index >= 15 is 0 Å². The molecule has 0 unspecified atom stereocenters. The van der Waals surface area contributed by atoms with Gasteiger partial charge < -0.3 is 10.1 Å². The van der Waals surface area contributed by atoms with Crippen LogP contribution in [-0.4, -0.2) is 16.7 Å². The van der Waals surface area contributed by atoms with Crippen LogP contribution in [0.2, 0.25) is 0 Å². The minimum atomic E-state index is 0.208. The number of aliphatic hydroxyl groups is 1. The van der Waals surface area contributed by atoms with E-state index in [4.69, 9.17) is 17.3 Å². The first kappa shape index (κ1) is 10.0. The molecule has 0 bridgehead atoms. The molecule has 0 saturated heterocycles. The van der Waals surface area contributed by atoms with Crippen molar-refractivity contribution in [2.45, 2.75) is 6.42 Å². The molecule has 0 aliphatic carbocycles. The van der Waals surface area contributed by atoms with Crippen LogP contribution in [0, 0.1) is 3.95 Å². The van der Waals surface area contributed by atoms with E-state index < -0.39 is 0 Å². The summed E-state index contributed by atoms with van der Waals surface area (Å²) in [5, 5.41) is 10.8. The molecule has 0 fully saturated rings. The van der Waals surface area contributed by atoms with Gasteiger partial charge >= 0.3 is 0 Å². The van der Waals surface area contributed by atoms with Crippen LogP contribution >= 0.6 is 34.9 Å². The monoisotopic (exact) mass is 243 g/mol. The smallest absolute Gasteiger partial charge is 0.158 e. The first-order valence-corrected chi connectivity index (χ1v) is 6.28. The summed E-state index contributed by atoms with van der Waals surface area (Å²) in [6, 6.07) is 4.10. The minimum absolute atomic E-state index is 0.208. The van der Waals surface area contributed by atoms with Crippen molar-refractivity contribution in [1.29, 1.82) is 0 Å². The number of thiophene rings is 1. The molecule has 2 N–H and O–H groups in total. The largest absolute Gasteiger partial charge is 0.396 e. The van der Waals surface area contributed by atoms with Gasteiger partial charge in [-0.1, -0.05) is 0 Å². The van der Waals surface area contributed by atoms with Crippen LogP contribution in [0.1, 0.15) is 4.88 Å². The van der Waals surface area contributed by atoms with Crippen molar-refractivity contribution in [3.8, 4) is 10.6 Å². The van der Waals surface area contributed by atoms with Crippen LogP contribution in [0.3, 0.4) is 0 Å². The standard InChI is InChI=1S/C9H9NOS3/c11-4-3-6-1-2-8(14-6)7-5-13-9(12)10-7/h1-2,5,11H,3-4H2,(H,10,12). The van der Waals surface area contributed by atoms with Crippen LogP contribution in [0.5, 0.6) is 0 Å². The van der Waals surface area contributed by atoms with Crippen molar-refractivity contribution < 1.29 is 5.11 Å². The summed E-state index contributed by atoms with van der Waals surface area (Å²) in [6.07, 6.45) is 0.732. The van der Waals surface area contributed by atoms with Crippen LogP contribution in [0.15, 0.2) is 17.5 Å². The molecular formula is C9H9NOS3. The van der Waals surface area contributed by atoms with E-state index in [9.17, 15) is 0 Å². The van der Waals surface area contributed by atoms with E-state index in [0.717, 1.165) is 16.1 Å². The molecule has 2 aromatic rings. The Labute approximate surface area is 94.9 Å². The molecule has 0 spiro atoms. The summed E-state index contributed by atoms with van der Waals surface area (Å²) in [5.74, 6) is 0. The topological polar surface area (TPSA) is 36.0 Å². The maximum Gasteiger partial charge on any atom is 0.158 e. The van der Waals surface area contributed by atoms with Gasteiger partial charge in [0.1, 0.15) is 0 Å². The molecule has 0 amide bonds. The van der Waals surface area contributed by atoms with Crippen molar-refractivity contribution in [3.63, 3.8) is 0 Å². The van der Waals surface area contributed by atoms with E-state index in [-0.39, 0.29) is 6.61 Å². The molecule has 0 aliphatic heterocycles. The molecule has 2 heterocycles. The van der Waals surface area contributed by atoms with Gasteiger partial charge in [-0.2, -0.15) is 0 Å². The number of hydrogen-bond donors (Lipinski definition) is 2. The van der Waals surface area contributed by atoms with Gasteiger partial charge in [-0.3, -0.25) is 0 Å².